The average molecular weight is 597 g/mol. The van der Waals surface area contributed by atoms with Gasteiger partial charge in [0.1, 0.15) is 11.6 Å². The van der Waals surface area contributed by atoms with Crippen molar-refractivity contribution in [2.75, 3.05) is 26.4 Å². The first-order chi connectivity index (χ1) is 20.5. The molecule has 0 aliphatic rings. The molecule has 0 spiro atoms. The van der Waals surface area contributed by atoms with Gasteiger partial charge in [0.25, 0.3) is 0 Å². The molecule has 2 aromatic carbocycles. The van der Waals surface area contributed by atoms with E-state index in [0.717, 1.165) is 18.4 Å². The molecule has 0 radical (unpaired) electrons. The van der Waals surface area contributed by atoms with Crippen LogP contribution in [0.1, 0.15) is 81.6 Å². The fourth-order valence-corrected chi connectivity index (χ4v) is 4.40. The van der Waals surface area contributed by atoms with Gasteiger partial charge in [-0.3, -0.25) is 0 Å². The molecule has 0 bridgehead atoms. The van der Waals surface area contributed by atoms with Gasteiger partial charge >= 0.3 is 5.97 Å². The van der Waals surface area contributed by atoms with E-state index in [2.05, 4.69) is 26.7 Å². The molecular formula is C36H49FO6. The van der Waals surface area contributed by atoms with Crippen molar-refractivity contribution in [2.45, 2.75) is 78.4 Å². The number of aryl methyl sites for hydroxylation is 1. The molecule has 0 aliphatic heterocycles. The number of unbranched alkanes of at least 4 members (excludes halogenated alkanes) is 5. The summed E-state index contributed by atoms with van der Waals surface area (Å²) < 4.78 is 31.7. The molecule has 0 fully saturated rings. The number of aliphatic hydroxyl groups excluding tert-OH is 2. The molecule has 0 amide bonds. The first kappa shape index (κ1) is 35.9. The van der Waals surface area contributed by atoms with Gasteiger partial charge in [-0.15, -0.1) is 0 Å². The van der Waals surface area contributed by atoms with Crippen LogP contribution in [0, 0.1) is 11.2 Å². The zero-order valence-electron chi connectivity index (χ0n) is 26.1. The molecule has 2 unspecified atom stereocenters. The number of allylic oxidation sites excluding steroid dienone is 1. The second-order valence-corrected chi connectivity index (χ2v) is 11.5. The minimum absolute atomic E-state index is 0.0171. The first-order valence-corrected chi connectivity index (χ1v) is 15.1. The Morgan fingerprint density at radius 1 is 0.953 bits per heavy atom. The van der Waals surface area contributed by atoms with E-state index in [-0.39, 0.29) is 38.4 Å². The standard InChI is InChI=1S/C36H49FO6/c1-7-8-9-10-11-12-13-29-14-16-30(17-15-29)32-19-18-31(22-33(32)37)35(40)41-21-20-36(23-38,24-42-28(6)26(2)3)25-43-34(39)27(4)5/h14-19,22,34,38-39H,2,4,6-13,20-21,23-25H2,1,3,5H3. The normalized spacial score (nSPS) is 13.2. The van der Waals surface area contributed by atoms with E-state index in [1.807, 2.05) is 24.3 Å². The number of benzene rings is 2. The smallest absolute Gasteiger partial charge is 0.338 e. The highest BCUT2D eigenvalue weighted by atomic mass is 19.1. The molecule has 0 aromatic heterocycles. The van der Waals surface area contributed by atoms with Crippen LogP contribution in [0.4, 0.5) is 4.39 Å². The highest BCUT2D eigenvalue weighted by molar-refractivity contribution is 5.90. The number of rotatable bonds is 21. The zero-order chi connectivity index (χ0) is 31.8. The molecule has 2 aromatic rings. The van der Waals surface area contributed by atoms with Crippen LogP contribution in [0.25, 0.3) is 11.1 Å². The van der Waals surface area contributed by atoms with Gasteiger partial charge in [0.15, 0.2) is 6.29 Å². The van der Waals surface area contributed by atoms with Gasteiger partial charge in [-0.1, -0.05) is 89.1 Å². The molecule has 2 rings (SSSR count). The first-order valence-electron chi connectivity index (χ1n) is 15.1. The lowest BCUT2D eigenvalue weighted by atomic mass is 9.87. The van der Waals surface area contributed by atoms with Crippen molar-refractivity contribution in [3.63, 3.8) is 0 Å². The number of hydrogen-bond donors (Lipinski definition) is 2. The summed E-state index contributed by atoms with van der Waals surface area (Å²) in [5.74, 6) is -0.864. The SMILES string of the molecule is C=C(C)C(=C)OCC(CO)(CCOC(=O)c1ccc(-c2ccc(CCCCCCCC)cc2)c(F)c1)COC(O)C(=C)C. The van der Waals surface area contributed by atoms with E-state index in [1.165, 1.54) is 49.8 Å². The molecular weight excluding hydrogens is 547 g/mol. The lowest BCUT2D eigenvalue weighted by Gasteiger charge is -2.32. The zero-order valence-corrected chi connectivity index (χ0v) is 26.1. The molecule has 0 saturated heterocycles. The third-order valence-corrected chi connectivity index (χ3v) is 7.49. The molecule has 6 nitrogen and oxygen atoms in total. The van der Waals surface area contributed by atoms with Crippen LogP contribution in [0.3, 0.4) is 0 Å². The van der Waals surface area contributed by atoms with Crippen molar-refractivity contribution < 1.29 is 33.6 Å². The highest BCUT2D eigenvalue weighted by Gasteiger charge is 2.33. The van der Waals surface area contributed by atoms with Crippen LogP contribution in [0.15, 0.2) is 79.1 Å². The lowest BCUT2D eigenvalue weighted by Crippen LogP contribution is -2.39. The summed E-state index contributed by atoms with van der Waals surface area (Å²) in [6, 6.07) is 12.2. The third kappa shape index (κ3) is 12.1. The van der Waals surface area contributed by atoms with Gasteiger partial charge in [-0.2, -0.15) is 0 Å². The highest BCUT2D eigenvalue weighted by Crippen LogP contribution is 2.28. The Bertz CT molecular complexity index is 1200. The molecule has 236 valence electrons. The number of aliphatic hydroxyl groups is 2. The fourth-order valence-electron chi connectivity index (χ4n) is 4.40. The maximum Gasteiger partial charge on any atom is 0.338 e. The molecule has 2 atom stereocenters. The summed E-state index contributed by atoms with van der Waals surface area (Å²) in [5.41, 5.74) is 2.46. The van der Waals surface area contributed by atoms with Crippen LogP contribution in [-0.4, -0.2) is 48.9 Å². The van der Waals surface area contributed by atoms with E-state index in [4.69, 9.17) is 14.2 Å². The molecule has 43 heavy (non-hydrogen) atoms. The summed E-state index contributed by atoms with van der Waals surface area (Å²) >= 11 is 0. The third-order valence-electron chi connectivity index (χ3n) is 7.49. The maximum absolute atomic E-state index is 15.1. The maximum atomic E-state index is 15.1. The van der Waals surface area contributed by atoms with Gasteiger partial charge in [-0.25, -0.2) is 9.18 Å². The summed E-state index contributed by atoms with van der Waals surface area (Å²) in [7, 11) is 0. The van der Waals surface area contributed by atoms with E-state index < -0.39 is 23.5 Å². The Labute approximate surface area is 256 Å². The summed E-state index contributed by atoms with van der Waals surface area (Å²) in [5, 5.41) is 20.3. The monoisotopic (exact) mass is 596 g/mol. The van der Waals surface area contributed by atoms with Gasteiger partial charge in [0.2, 0.25) is 0 Å². The molecule has 0 saturated carbocycles. The topological polar surface area (TPSA) is 85.2 Å². The number of carbonyl (C=O) groups is 1. The van der Waals surface area contributed by atoms with Crippen LogP contribution in [0.2, 0.25) is 0 Å². The van der Waals surface area contributed by atoms with E-state index >= 15 is 4.39 Å². The fraction of sp³-hybridized carbons (Fsp3) is 0.472. The van der Waals surface area contributed by atoms with Crippen molar-refractivity contribution in [1.29, 1.82) is 0 Å². The number of ether oxygens (including phenoxy) is 3. The van der Waals surface area contributed by atoms with Crippen LogP contribution >= 0.6 is 0 Å². The van der Waals surface area contributed by atoms with Gasteiger partial charge in [0.05, 0.1) is 37.4 Å². The average Bonchev–Trinajstić information content (AvgIpc) is 2.99. The second-order valence-electron chi connectivity index (χ2n) is 11.5. The predicted molar refractivity (Wildman–Crippen MR) is 170 cm³/mol. The molecule has 0 heterocycles. The van der Waals surface area contributed by atoms with E-state index in [1.54, 1.807) is 19.9 Å². The summed E-state index contributed by atoms with van der Waals surface area (Å²) in [6.07, 6.45) is 7.39. The second kappa shape index (κ2) is 18.4. The Kier molecular flexibility index (Phi) is 15.4. The molecule has 0 aliphatic carbocycles. The molecule has 2 N–H and O–H groups in total. The summed E-state index contributed by atoms with van der Waals surface area (Å²) in [4.78, 5) is 12.8. The summed E-state index contributed by atoms with van der Waals surface area (Å²) in [6.45, 7) is 16.2. The van der Waals surface area contributed by atoms with Gasteiger partial charge in [-0.05, 0) is 67.5 Å². The Hall–Kier alpha value is -3.26. The van der Waals surface area contributed by atoms with Crippen molar-refractivity contribution in [1.82, 2.24) is 0 Å². The van der Waals surface area contributed by atoms with Crippen LogP contribution < -0.4 is 0 Å². The van der Waals surface area contributed by atoms with Crippen molar-refractivity contribution in [2.24, 2.45) is 5.41 Å². The minimum Gasteiger partial charge on any atom is -0.493 e. The predicted octanol–water partition coefficient (Wildman–Crippen LogP) is 7.94. The van der Waals surface area contributed by atoms with Crippen molar-refractivity contribution >= 4 is 5.97 Å². The van der Waals surface area contributed by atoms with E-state index in [0.29, 0.717) is 22.5 Å². The van der Waals surface area contributed by atoms with Crippen molar-refractivity contribution in [3.05, 3.63) is 96.1 Å². The number of esters is 1. The molecule has 7 heteroatoms. The van der Waals surface area contributed by atoms with Gasteiger partial charge < -0.3 is 24.4 Å². The largest absolute Gasteiger partial charge is 0.493 e. The number of halogens is 1. The van der Waals surface area contributed by atoms with Crippen LogP contribution in [-0.2, 0) is 20.6 Å². The quantitative estimate of drug-likeness (QED) is 0.0380. The Morgan fingerprint density at radius 2 is 1.63 bits per heavy atom. The minimum atomic E-state index is -1.23. The van der Waals surface area contributed by atoms with Gasteiger partial charge in [0, 0.05) is 5.56 Å². The lowest BCUT2D eigenvalue weighted by molar-refractivity contribution is -0.127. The van der Waals surface area contributed by atoms with E-state index in [9.17, 15) is 15.0 Å². The van der Waals surface area contributed by atoms with Crippen molar-refractivity contribution in [3.8, 4) is 11.1 Å². The Morgan fingerprint density at radius 3 is 2.23 bits per heavy atom. The number of hydrogen-bond acceptors (Lipinski definition) is 6. The van der Waals surface area contributed by atoms with Crippen LogP contribution in [0.5, 0.6) is 0 Å². The number of carbonyl (C=O) groups excluding carboxylic acids is 1. The Balaban J connectivity index is 1.99.